The molecule has 0 N–H and O–H groups in total. The molecule has 1 aliphatic rings. The van der Waals surface area contributed by atoms with E-state index in [1.165, 1.54) is 24.0 Å². The predicted octanol–water partition coefficient (Wildman–Crippen LogP) is 3.69. The van der Waals surface area contributed by atoms with Gasteiger partial charge in [-0.2, -0.15) is 0 Å². The molecule has 2 heteroatoms. The van der Waals surface area contributed by atoms with Crippen molar-refractivity contribution in [2.24, 2.45) is 0 Å². The maximum atomic E-state index is 5.55. The van der Waals surface area contributed by atoms with Crippen molar-refractivity contribution in [1.82, 2.24) is 0 Å². The maximum Gasteiger partial charge on any atom is 0.0929 e. The molecule has 2 rings (SSSR count). The molecule has 1 saturated carbocycles. The molecule has 0 amide bonds. The van der Waals surface area contributed by atoms with Gasteiger partial charge in [0.2, 0.25) is 0 Å². The highest BCUT2D eigenvalue weighted by Crippen LogP contribution is 2.48. The molecule has 0 aromatic heterocycles. The van der Waals surface area contributed by atoms with Crippen molar-refractivity contribution in [3.8, 4) is 0 Å². The van der Waals surface area contributed by atoms with Crippen molar-refractivity contribution >= 4 is 22.6 Å². The zero-order valence-electron chi connectivity index (χ0n) is 9.29. The van der Waals surface area contributed by atoms with Gasteiger partial charge in [-0.15, -0.1) is 0 Å². The second kappa shape index (κ2) is 4.42. The van der Waals surface area contributed by atoms with Gasteiger partial charge in [0, 0.05) is 11.0 Å². The molecule has 0 heterocycles. The second-order valence-corrected chi connectivity index (χ2v) is 6.51. The molecule has 1 fully saturated rings. The molecule has 0 saturated heterocycles. The normalized spacial score (nSPS) is 19.9. The minimum atomic E-state index is 0.0640. The summed E-state index contributed by atoms with van der Waals surface area (Å²) in [5.74, 6) is 0. The fourth-order valence-corrected chi connectivity index (χ4v) is 2.50. The van der Waals surface area contributed by atoms with Crippen molar-refractivity contribution in [3.63, 3.8) is 0 Å². The molecule has 15 heavy (non-hydrogen) atoms. The molecule has 0 bridgehead atoms. The lowest BCUT2D eigenvalue weighted by atomic mass is 10.0. The van der Waals surface area contributed by atoms with Gasteiger partial charge in [-0.05, 0) is 30.4 Å². The number of hydrogen-bond acceptors (Lipinski definition) is 1. The Morgan fingerprint density at radius 3 is 2.33 bits per heavy atom. The molecule has 0 aliphatic heterocycles. The average molecular weight is 316 g/mol. The van der Waals surface area contributed by atoms with Crippen LogP contribution in [0.4, 0.5) is 0 Å². The van der Waals surface area contributed by atoms with Gasteiger partial charge in [-0.25, -0.2) is 0 Å². The largest absolute Gasteiger partial charge is 0.374 e. The number of ether oxygens (including phenoxy) is 1. The zero-order valence-corrected chi connectivity index (χ0v) is 11.5. The van der Waals surface area contributed by atoms with Crippen LogP contribution in [0.5, 0.6) is 0 Å². The van der Waals surface area contributed by atoms with E-state index >= 15 is 0 Å². The first-order chi connectivity index (χ1) is 7.16. The Morgan fingerprint density at radius 2 is 1.93 bits per heavy atom. The Kier molecular flexibility index (Phi) is 3.36. The number of alkyl halides is 1. The Bertz CT molecular complexity index is 325. The summed E-state index contributed by atoms with van der Waals surface area (Å²) >= 11 is 2.47. The Labute approximate surface area is 105 Å². The highest BCUT2D eigenvalue weighted by atomic mass is 127. The number of hydrogen-bond donors (Lipinski definition) is 0. The van der Waals surface area contributed by atoms with Gasteiger partial charge in [0.1, 0.15) is 0 Å². The van der Waals surface area contributed by atoms with E-state index in [0.717, 1.165) is 6.42 Å². The van der Waals surface area contributed by atoms with Crippen LogP contribution in [0.25, 0.3) is 0 Å². The third-order valence-electron chi connectivity index (χ3n) is 3.09. The van der Waals surface area contributed by atoms with Gasteiger partial charge in [0.15, 0.2) is 0 Å². The van der Waals surface area contributed by atoms with E-state index in [9.17, 15) is 0 Å². The summed E-state index contributed by atoms with van der Waals surface area (Å²) in [6.07, 6.45) is 3.50. The van der Waals surface area contributed by atoms with Gasteiger partial charge in [0.05, 0.1) is 5.60 Å². The fourth-order valence-electron chi connectivity index (χ4n) is 1.99. The van der Waals surface area contributed by atoms with Crippen molar-refractivity contribution in [2.45, 2.75) is 35.7 Å². The second-order valence-electron chi connectivity index (χ2n) is 4.38. The summed E-state index contributed by atoms with van der Waals surface area (Å²) < 4.78 is 6.25. The predicted molar refractivity (Wildman–Crippen MR) is 71.5 cm³/mol. The summed E-state index contributed by atoms with van der Waals surface area (Å²) in [4.78, 5) is 0. The van der Waals surface area contributed by atoms with E-state index in [0.29, 0.717) is 3.92 Å². The van der Waals surface area contributed by atoms with Gasteiger partial charge >= 0.3 is 0 Å². The Morgan fingerprint density at radius 1 is 1.33 bits per heavy atom. The molecule has 1 atom stereocenters. The fraction of sp³-hybridized carbons (Fsp3) is 0.538. The van der Waals surface area contributed by atoms with E-state index in [-0.39, 0.29) is 5.60 Å². The lowest BCUT2D eigenvalue weighted by Crippen LogP contribution is -2.08. The van der Waals surface area contributed by atoms with Crippen LogP contribution in [0.3, 0.4) is 0 Å². The van der Waals surface area contributed by atoms with E-state index in [1.54, 1.807) is 0 Å². The quantitative estimate of drug-likeness (QED) is 0.608. The minimum Gasteiger partial charge on any atom is -0.374 e. The highest BCUT2D eigenvalue weighted by Gasteiger charge is 2.44. The molecule has 1 aromatic rings. The topological polar surface area (TPSA) is 9.23 Å². The van der Waals surface area contributed by atoms with Gasteiger partial charge in [-0.1, -0.05) is 53.8 Å². The van der Waals surface area contributed by atoms with Crippen molar-refractivity contribution in [2.75, 3.05) is 7.11 Å². The molecule has 1 aliphatic carbocycles. The molecular formula is C13H17IO. The maximum absolute atomic E-state index is 5.55. The Balaban J connectivity index is 2.10. The van der Waals surface area contributed by atoms with Crippen LogP contribution >= 0.6 is 22.6 Å². The number of benzene rings is 1. The van der Waals surface area contributed by atoms with Gasteiger partial charge in [0.25, 0.3) is 0 Å². The Hall–Kier alpha value is -0.0900. The monoisotopic (exact) mass is 316 g/mol. The van der Waals surface area contributed by atoms with Crippen molar-refractivity contribution in [1.29, 1.82) is 0 Å². The standard InChI is InChI=1S/C13H17IO/c1-10(14)9-11-3-5-12(6-4-11)13(15-2)7-8-13/h3-6,10H,7-9H2,1-2H3. The zero-order chi connectivity index (χ0) is 10.9. The lowest BCUT2D eigenvalue weighted by Gasteiger charge is -2.14. The smallest absolute Gasteiger partial charge is 0.0929 e. The number of halogens is 1. The van der Waals surface area contributed by atoms with E-state index in [2.05, 4.69) is 53.8 Å². The van der Waals surface area contributed by atoms with Gasteiger partial charge < -0.3 is 4.74 Å². The van der Waals surface area contributed by atoms with Crippen LogP contribution in [0, 0.1) is 0 Å². The molecule has 1 unspecified atom stereocenters. The van der Waals surface area contributed by atoms with E-state index in [4.69, 9.17) is 4.74 Å². The summed E-state index contributed by atoms with van der Waals surface area (Å²) in [5.41, 5.74) is 2.83. The van der Waals surface area contributed by atoms with Crippen LogP contribution < -0.4 is 0 Å². The summed E-state index contributed by atoms with van der Waals surface area (Å²) in [6.45, 7) is 2.24. The van der Waals surface area contributed by atoms with Crippen LogP contribution in [0.2, 0.25) is 0 Å². The lowest BCUT2D eigenvalue weighted by molar-refractivity contribution is 0.0789. The van der Waals surface area contributed by atoms with Crippen LogP contribution in [0.15, 0.2) is 24.3 Å². The molecular weight excluding hydrogens is 299 g/mol. The van der Waals surface area contributed by atoms with E-state index in [1.807, 2.05) is 7.11 Å². The van der Waals surface area contributed by atoms with E-state index < -0.39 is 0 Å². The van der Waals surface area contributed by atoms with Crippen molar-refractivity contribution < 1.29 is 4.74 Å². The van der Waals surface area contributed by atoms with Crippen LogP contribution in [-0.4, -0.2) is 11.0 Å². The van der Waals surface area contributed by atoms with Gasteiger partial charge in [-0.3, -0.25) is 0 Å². The first-order valence-corrected chi connectivity index (χ1v) is 6.69. The third-order valence-corrected chi connectivity index (χ3v) is 3.53. The van der Waals surface area contributed by atoms with Crippen molar-refractivity contribution in [3.05, 3.63) is 35.4 Å². The molecule has 0 radical (unpaired) electrons. The SMILES string of the molecule is COC1(c2ccc(CC(C)I)cc2)CC1. The number of methoxy groups -OCH3 is 1. The van der Waals surface area contributed by atoms with Crippen LogP contribution in [0.1, 0.15) is 30.9 Å². The average Bonchev–Trinajstić information content (AvgIpc) is 2.99. The summed E-state index contributed by atoms with van der Waals surface area (Å²) in [6, 6.07) is 8.93. The molecule has 82 valence electrons. The third kappa shape index (κ3) is 2.53. The minimum absolute atomic E-state index is 0.0640. The molecule has 0 spiro atoms. The van der Waals surface area contributed by atoms with Crippen LogP contribution in [-0.2, 0) is 16.8 Å². The first kappa shape index (κ1) is 11.4. The number of rotatable bonds is 4. The highest BCUT2D eigenvalue weighted by molar-refractivity contribution is 14.1. The first-order valence-electron chi connectivity index (χ1n) is 5.45. The molecule has 1 nitrogen and oxygen atoms in total. The summed E-state index contributed by atoms with van der Waals surface area (Å²) in [5, 5.41) is 0. The summed E-state index contributed by atoms with van der Waals surface area (Å²) in [7, 11) is 1.81. The molecule has 1 aromatic carbocycles.